The van der Waals surface area contributed by atoms with E-state index in [9.17, 15) is 0 Å². The third-order valence-corrected chi connectivity index (χ3v) is 1.98. The second-order valence-corrected chi connectivity index (χ2v) is 3.25. The van der Waals surface area contributed by atoms with Crippen molar-refractivity contribution in [2.75, 3.05) is 6.54 Å². The number of azide groups is 1. The van der Waals surface area contributed by atoms with Crippen molar-refractivity contribution in [2.24, 2.45) is 5.11 Å². The molecule has 0 bridgehead atoms. The minimum atomic E-state index is 0.384. The van der Waals surface area contributed by atoms with E-state index >= 15 is 0 Å². The fourth-order valence-corrected chi connectivity index (χ4v) is 1.30. The zero-order valence-corrected chi connectivity index (χ0v) is 9.09. The molecule has 0 saturated carbocycles. The molecule has 0 N–H and O–H groups in total. The minimum absolute atomic E-state index is 0.384. The first kappa shape index (κ1) is 11.3. The van der Waals surface area contributed by atoms with Crippen LogP contribution in [0.5, 0.6) is 0 Å². The van der Waals surface area contributed by atoms with E-state index in [1.807, 2.05) is 30.0 Å². The van der Waals surface area contributed by atoms with Crippen LogP contribution < -0.4 is 0 Å². The summed E-state index contributed by atoms with van der Waals surface area (Å²) in [6.45, 7) is 5.41. The average Bonchev–Trinajstić information content (AvgIpc) is 2.55. The molecule has 0 unspecified atom stereocenters. The van der Waals surface area contributed by atoms with Gasteiger partial charge in [0.2, 0.25) is 0 Å². The van der Waals surface area contributed by atoms with Gasteiger partial charge < -0.3 is 0 Å². The van der Waals surface area contributed by atoms with E-state index in [0.717, 1.165) is 24.2 Å². The van der Waals surface area contributed by atoms with Crippen LogP contribution in [0, 0.1) is 6.92 Å². The Bertz CT molecular complexity index is 385. The molecular formula is C10H15N5. The lowest BCUT2D eigenvalue weighted by Gasteiger charge is -1.93. The SMILES string of the molecule is CCCn1cc(C=CCN=[N+]=[N-])c(C)n1. The fourth-order valence-electron chi connectivity index (χ4n) is 1.30. The number of aromatic nitrogens is 2. The van der Waals surface area contributed by atoms with Crippen LogP contribution in [-0.4, -0.2) is 16.3 Å². The third-order valence-electron chi connectivity index (χ3n) is 1.98. The Kier molecular flexibility index (Phi) is 4.44. The summed E-state index contributed by atoms with van der Waals surface area (Å²) in [6.07, 6.45) is 6.84. The van der Waals surface area contributed by atoms with Gasteiger partial charge in [0.25, 0.3) is 0 Å². The molecule has 0 aliphatic heterocycles. The van der Waals surface area contributed by atoms with E-state index in [0.29, 0.717) is 6.54 Å². The molecule has 80 valence electrons. The van der Waals surface area contributed by atoms with Crippen LogP contribution in [0.4, 0.5) is 0 Å². The summed E-state index contributed by atoms with van der Waals surface area (Å²) >= 11 is 0. The summed E-state index contributed by atoms with van der Waals surface area (Å²) < 4.78 is 1.93. The van der Waals surface area contributed by atoms with Gasteiger partial charge in [-0.15, -0.1) is 0 Å². The molecule has 1 heterocycles. The molecule has 15 heavy (non-hydrogen) atoms. The predicted molar refractivity (Wildman–Crippen MR) is 60.3 cm³/mol. The van der Waals surface area contributed by atoms with E-state index < -0.39 is 0 Å². The number of hydrogen-bond acceptors (Lipinski definition) is 2. The maximum absolute atomic E-state index is 8.10. The van der Waals surface area contributed by atoms with Crippen molar-refractivity contribution in [3.63, 3.8) is 0 Å². The molecule has 0 fully saturated rings. The molecule has 5 nitrogen and oxygen atoms in total. The molecule has 0 aliphatic rings. The van der Waals surface area contributed by atoms with Gasteiger partial charge in [0.05, 0.1) is 5.69 Å². The minimum Gasteiger partial charge on any atom is -0.272 e. The van der Waals surface area contributed by atoms with Gasteiger partial charge in [-0.3, -0.25) is 4.68 Å². The molecule has 0 atom stereocenters. The zero-order chi connectivity index (χ0) is 11.1. The highest BCUT2D eigenvalue weighted by molar-refractivity contribution is 5.50. The Hall–Kier alpha value is -1.74. The Morgan fingerprint density at radius 2 is 2.47 bits per heavy atom. The molecule has 0 spiro atoms. The summed E-state index contributed by atoms with van der Waals surface area (Å²) in [5.74, 6) is 0. The molecule has 1 aromatic rings. The summed E-state index contributed by atoms with van der Waals surface area (Å²) in [5, 5.41) is 7.79. The maximum atomic E-state index is 8.10. The highest BCUT2D eigenvalue weighted by Crippen LogP contribution is 2.08. The van der Waals surface area contributed by atoms with Crippen molar-refractivity contribution >= 4 is 6.08 Å². The van der Waals surface area contributed by atoms with E-state index in [-0.39, 0.29) is 0 Å². The average molecular weight is 205 g/mol. The standard InChI is InChI=1S/C10H15N5/c1-3-7-15-8-10(9(2)13-15)5-4-6-12-14-11/h4-5,8H,3,6-7H2,1-2H3. The van der Waals surface area contributed by atoms with Gasteiger partial charge in [0.15, 0.2) is 0 Å². The lowest BCUT2D eigenvalue weighted by atomic mass is 10.2. The Morgan fingerprint density at radius 3 is 3.13 bits per heavy atom. The molecule has 0 saturated heterocycles. The zero-order valence-electron chi connectivity index (χ0n) is 9.09. The van der Waals surface area contributed by atoms with Crippen LogP contribution >= 0.6 is 0 Å². The summed E-state index contributed by atoms with van der Waals surface area (Å²) in [6, 6.07) is 0. The number of aryl methyl sites for hydroxylation is 2. The Labute approximate surface area is 89.0 Å². The lowest BCUT2D eigenvalue weighted by Crippen LogP contribution is -1.96. The van der Waals surface area contributed by atoms with Crippen LogP contribution in [0.1, 0.15) is 24.6 Å². The molecular weight excluding hydrogens is 190 g/mol. The quantitative estimate of drug-likeness (QED) is 0.414. The lowest BCUT2D eigenvalue weighted by molar-refractivity contribution is 0.598. The van der Waals surface area contributed by atoms with Crippen molar-refractivity contribution in [2.45, 2.75) is 26.8 Å². The first-order valence-corrected chi connectivity index (χ1v) is 4.99. The highest BCUT2D eigenvalue weighted by Gasteiger charge is 1.99. The first-order chi connectivity index (χ1) is 7.27. The first-order valence-electron chi connectivity index (χ1n) is 4.99. The molecule has 0 amide bonds. The maximum Gasteiger partial charge on any atom is 0.0665 e. The van der Waals surface area contributed by atoms with Crippen LogP contribution in [0.15, 0.2) is 17.4 Å². The summed E-state index contributed by atoms with van der Waals surface area (Å²) in [7, 11) is 0. The van der Waals surface area contributed by atoms with E-state index in [1.54, 1.807) is 0 Å². The smallest absolute Gasteiger partial charge is 0.0665 e. The number of rotatable bonds is 5. The normalized spacial score (nSPS) is 10.5. The van der Waals surface area contributed by atoms with Crippen molar-refractivity contribution in [1.82, 2.24) is 9.78 Å². The van der Waals surface area contributed by atoms with Gasteiger partial charge in [-0.25, -0.2) is 0 Å². The number of hydrogen-bond donors (Lipinski definition) is 0. The Morgan fingerprint density at radius 1 is 1.67 bits per heavy atom. The second kappa shape index (κ2) is 5.88. The molecule has 5 heteroatoms. The topological polar surface area (TPSA) is 66.6 Å². The highest BCUT2D eigenvalue weighted by atomic mass is 15.3. The van der Waals surface area contributed by atoms with Gasteiger partial charge in [-0.1, -0.05) is 24.2 Å². The van der Waals surface area contributed by atoms with Crippen molar-refractivity contribution in [1.29, 1.82) is 0 Å². The summed E-state index contributed by atoms with van der Waals surface area (Å²) in [4.78, 5) is 2.68. The van der Waals surface area contributed by atoms with Gasteiger partial charge in [0.1, 0.15) is 0 Å². The molecule has 1 rings (SSSR count). The van der Waals surface area contributed by atoms with E-state index in [2.05, 4.69) is 22.0 Å². The van der Waals surface area contributed by atoms with E-state index in [1.165, 1.54) is 0 Å². The molecule has 0 aliphatic carbocycles. The fraction of sp³-hybridized carbons (Fsp3) is 0.500. The molecule has 1 aromatic heterocycles. The van der Waals surface area contributed by atoms with Gasteiger partial charge in [-0.2, -0.15) is 5.10 Å². The summed E-state index contributed by atoms with van der Waals surface area (Å²) in [5.41, 5.74) is 10.2. The van der Waals surface area contributed by atoms with E-state index in [4.69, 9.17) is 5.53 Å². The largest absolute Gasteiger partial charge is 0.272 e. The van der Waals surface area contributed by atoms with Gasteiger partial charge in [-0.05, 0) is 18.9 Å². The molecule has 0 aromatic carbocycles. The van der Waals surface area contributed by atoms with Crippen LogP contribution in [0.2, 0.25) is 0 Å². The van der Waals surface area contributed by atoms with Gasteiger partial charge in [0, 0.05) is 29.8 Å². The molecule has 0 radical (unpaired) electrons. The van der Waals surface area contributed by atoms with Crippen molar-refractivity contribution < 1.29 is 0 Å². The third kappa shape index (κ3) is 3.48. The van der Waals surface area contributed by atoms with Crippen LogP contribution in [0.25, 0.3) is 16.5 Å². The predicted octanol–water partition coefficient (Wildman–Crippen LogP) is 2.93. The van der Waals surface area contributed by atoms with Gasteiger partial charge >= 0.3 is 0 Å². The van der Waals surface area contributed by atoms with Crippen LogP contribution in [0.3, 0.4) is 0 Å². The van der Waals surface area contributed by atoms with Crippen molar-refractivity contribution in [3.8, 4) is 0 Å². The van der Waals surface area contributed by atoms with Crippen LogP contribution in [-0.2, 0) is 6.54 Å². The second-order valence-electron chi connectivity index (χ2n) is 3.25. The monoisotopic (exact) mass is 205 g/mol. The number of nitrogens with zero attached hydrogens (tertiary/aromatic N) is 5. The Balaban J connectivity index is 2.67. The van der Waals surface area contributed by atoms with Crippen molar-refractivity contribution in [3.05, 3.63) is 34.0 Å².